The van der Waals surface area contributed by atoms with Crippen molar-refractivity contribution in [1.29, 1.82) is 0 Å². The molecular weight excluding hydrogens is 264 g/mol. The van der Waals surface area contributed by atoms with E-state index in [4.69, 9.17) is 0 Å². The number of ketones is 2. The van der Waals surface area contributed by atoms with Gasteiger partial charge in [0.05, 0.1) is 0 Å². The molecule has 0 saturated carbocycles. The Kier molecular flexibility index (Phi) is 4.45. The van der Waals surface area contributed by atoms with Crippen molar-refractivity contribution in [1.82, 2.24) is 0 Å². The molecule has 1 N–H and O–H groups in total. The van der Waals surface area contributed by atoms with Gasteiger partial charge in [-0.1, -0.05) is 61.2 Å². The standard InChI is InChI=1S/C18H16O3/c1-12(2)16(19)14-10-6-7-11-15(14)18(21)17(20)13-8-4-3-5-9-13/h3-11,17,20H,1H2,2H3. The lowest BCUT2D eigenvalue weighted by atomic mass is 9.93. The van der Waals surface area contributed by atoms with Gasteiger partial charge in [0.2, 0.25) is 0 Å². The molecule has 106 valence electrons. The molecule has 0 aliphatic heterocycles. The third-order valence-electron chi connectivity index (χ3n) is 3.19. The molecule has 3 nitrogen and oxygen atoms in total. The first-order chi connectivity index (χ1) is 10.0. The predicted octanol–water partition coefficient (Wildman–Crippen LogP) is 3.36. The van der Waals surface area contributed by atoms with E-state index in [1.54, 1.807) is 61.5 Å². The maximum absolute atomic E-state index is 12.5. The zero-order valence-electron chi connectivity index (χ0n) is 11.7. The highest BCUT2D eigenvalue weighted by Crippen LogP contribution is 2.22. The zero-order chi connectivity index (χ0) is 15.4. The van der Waals surface area contributed by atoms with Crippen LogP contribution in [0.25, 0.3) is 0 Å². The second-order valence-corrected chi connectivity index (χ2v) is 4.83. The van der Waals surface area contributed by atoms with E-state index in [9.17, 15) is 14.7 Å². The Labute approximate surface area is 123 Å². The predicted molar refractivity (Wildman–Crippen MR) is 81.3 cm³/mol. The SMILES string of the molecule is C=C(C)C(=O)c1ccccc1C(=O)C(O)c1ccccc1. The monoisotopic (exact) mass is 280 g/mol. The Hall–Kier alpha value is -2.52. The van der Waals surface area contributed by atoms with Crippen molar-refractivity contribution in [3.63, 3.8) is 0 Å². The molecule has 0 amide bonds. The van der Waals surface area contributed by atoms with Gasteiger partial charge in [-0.05, 0) is 18.1 Å². The highest BCUT2D eigenvalue weighted by molar-refractivity contribution is 6.15. The van der Waals surface area contributed by atoms with Gasteiger partial charge in [-0.2, -0.15) is 0 Å². The van der Waals surface area contributed by atoms with Crippen LogP contribution in [-0.4, -0.2) is 16.7 Å². The molecule has 0 heterocycles. The van der Waals surface area contributed by atoms with E-state index in [-0.39, 0.29) is 16.9 Å². The number of hydrogen-bond donors (Lipinski definition) is 1. The Balaban J connectivity index is 2.40. The summed E-state index contributed by atoms with van der Waals surface area (Å²) >= 11 is 0. The van der Waals surface area contributed by atoms with E-state index in [1.165, 1.54) is 0 Å². The van der Waals surface area contributed by atoms with Crippen LogP contribution in [0.5, 0.6) is 0 Å². The van der Waals surface area contributed by atoms with E-state index in [0.29, 0.717) is 11.1 Å². The van der Waals surface area contributed by atoms with Gasteiger partial charge >= 0.3 is 0 Å². The fraction of sp³-hybridized carbons (Fsp3) is 0.111. The van der Waals surface area contributed by atoms with Gasteiger partial charge in [0.1, 0.15) is 6.10 Å². The van der Waals surface area contributed by atoms with Crippen LogP contribution in [-0.2, 0) is 0 Å². The molecule has 0 aromatic heterocycles. The van der Waals surface area contributed by atoms with Crippen LogP contribution < -0.4 is 0 Å². The molecule has 2 aromatic carbocycles. The topological polar surface area (TPSA) is 54.4 Å². The van der Waals surface area contributed by atoms with Gasteiger partial charge in [0, 0.05) is 11.1 Å². The summed E-state index contributed by atoms with van der Waals surface area (Å²) in [6.45, 7) is 5.21. The van der Waals surface area contributed by atoms with E-state index in [0.717, 1.165) is 0 Å². The molecule has 0 spiro atoms. The van der Waals surface area contributed by atoms with Crippen molar-refractivity contribution < 1.29 is 14.7 Å². The van der Waals surface area contributed by atoms with Crippen molar-refractivity contribution in [2.24, 2.45) is 0 Å². The minimum absolute atomic E-state index is 0.210. The van der Waals surface area contributed by atoms with Gasteiger partial charge in [-0.25, -0.2) is 0 Å². The average Bonchev–Trinajstić information content (AvgIpc) is 2.53. The number of carbonyl (C=O) groups excluding carboxylic acids is 2. The third-order valence-corrected chi connectivity index (χ3v) is 3.19. The lowest BCUT2D eigenvalue weighted by Gasteiger charge is -2.13. The second-order valence-electron chi connectivity index (χ2n) is 4.83. The first-order valence-electron chi connectivity index (χ1n) is 6.59. The maximum Gasteiger partial charge on any atom is 0.196 e. The number of aliphatic hydroxyl groups is 1. The lowest BCUT2D eigenvalue weighted by molar-refractivity contribution is 0.0744. The smallest absolute Gasteiger partial charge is 0.196 e. The Bertz CT molecular complexity index is 687. The molecule has 2 aromatic rings. The largest absolute Gasteiger partial charge is 0.380 e. The van der Waals surface area contributed by atoms with Gasteiger partial charge in [-0.15, -0.1) is 0 Å². The molecule has 1 atom stereocenters. The summed E-state index contributed by atoms with van der Waals surface area (Å²) in [4.78, 5) is 24.6. The van der Waals surface area contributed by atoms with E-state index < -0.39 is 11.9 Å². The fourth-order valence-electron chi connectivity index (χ4n) is 2.06. The van der Waals surface area contributed by atoms with E-state index in [2.05, 4.69) is 6.58 Å². The highest BCUT2D eigenvalue weighted by atomic mass is 16.3. The molecule has 2 rings (SSSR count). The number of hydrogen-bond acceptors (Lipinski definition) is 3. The molecule has 0 bridgehead atoms. The van der Waals surface area contributed by atoms with Crippen LogP contribution in [0.2, 0.25) is 0 Å². The minimum Gasteiger partial charge on any atom is -0.380 e. The van der Waals surface area contributed by atoms with Gasteiger partial charge in [0.15, 0.2) is 11.6 Å². The molecule has 0 aliphatic carbocycles. The average molecular weight is 280 g/mol. The molecule has 0 aliphatic rings. The zero-order valence-corrected chi connectivity index (χ0v) is 11.7. The van der Waals surface area contributed by atoms with Crippen LogP contribution in [0.15, 0.2) is 66.7 Å². The van der Waals surface area contributed by atoms with Crippen molar-refractivity contribution in [2.45, 2.75) is 13.0 Å². The second kappa shape index (κ2) is 6.29. The Morgan fingerprint density at radius 2 is 1.48 bits per heavy atom. The summed E-state index contributed by atoms with van der Waals surface area (Å²) in [5, 5.41) is 10.2. The van der Waals surface area contributed by atoms with Crippen molar-refractivity contribution in [3.8, 4) is 0 Å². The van der Waals surface area contributed by atoms with Crippen LogP contribution in [0.4, 0.5) is 0 Å². The summed E-state index contributed by atoms with van der Waals surface area (Å²) in [7, 11) is 0. The van der Waals surface area contributed by atoms with Crippen LogP contribution in [0.3, 0.4) is 0 Å². The van der Waals surface area contributed by atoms with Gasteiger partial charge in [0.25, 0.3) is 0 Å². The minimum atomic E-state index is -1.29. The van der Waals surface area contributed by atoms with Crippen molar-refractivity contribution in [2.75, 3.05) is 0 Å². The Morgan fingerprint density at radius 3 is 2.05 bits per heavy atom. The number of rotatable bonds is 5. The number of allylic oxidation sites excluding steroid dienone is 1. The number of benzene rings is 2. The summed E-state index contributed by atoms with van der Waals surface area (Å²) in [5.41, 5.74) is 1.33. The van der Waals surface area contributed by atoms with Crippen molar-refractivity contribution in [3.05, 3.63) is 83.4 Å². The van der Waals surface area contributed by atoms with E-state index in [1.807, 2.05) is 0 Å². The summed E-state index contributed by atoms with van der Waals surface area (Å²) < 4.78 is 0. The molecule has 0 saturated heterocycles. The van der Waals surface area contributed by atoms with Crippen LogP contribution in [0, 0.1) is 0 Å². The molecule has 1 unspecified atom stereocenters. The maximum atomic E-state index is 12.5. The number of carbonyl (C=O) groups is 2. The van der Waals surface area contributed by atoms with Gasteiger partial charge in [-0.3, -0.25) is 9.59 Å². The first-order valence-corrected chi connectivity index (χ1v) is 6.59. The summed E-state index contributed by atoms with van der Waals surface area (Å²) in [6.07, 6.45) is -1.29. The molecule has 0 fully saturated rings. The quantitative estimate of drug-likeness (QED) is 0.675. The fourth-order valence-corrected chi connectivity index (χ4v) is 2.06. The number of Topliss-reactive ketones (excluding diaryl/α,β-unsaturated/α-hetero) is 2. The number of aliphatic hydroxyl groups excluding tert-OH is 1. The van der Waals surface area contributed by atoms with Crippen molar-refractivity contribution >= 4 is 11.6 Å². The summed E-state index contributed by atoms with van der Waals surface area (Å²) in [5.74, 6) is -0.786. The molecule has 21 heavy (non-hydrogen) atoms. The normalized spacial score (nSPS) is 11.7. The lowest BCUT2D eigenvalue weighted by Crippen LogP contribution is -2.16. The van der Waals surface area contributed by atoms with Crippen LogP contribution >= 0.6 is 0 Å². The van der Waals surface area contributed by atoms with Gasteiger partial charge < -0.3 is 5.11 Å². The molecule has 0 radical (unpaired) electrons. The molecular formula is C18H16O3. The molecule has 3 heteroatoms. The third kappa shape index (κ3) is 3.15. The van der Waals surface area contributed by atoms with Crippen LogP contribution in [0.1, 0.15) is 39.3 Å². The Morgan fingerprint density at radius 1 is 0.952 bits per heavy atom. The first kappa shape index (κ1) is 14.9. The summed E-state index contributed by atoms with van der Waals surface area (Å²) in [6, 6.07) is 15.1. The highest BCUT2D eigenvalue weighted by Gasteiger charge is 2.23. The van der Waals surface area contributed by atoms with E-state index >= 15 is 0 Å².